The molecule has 1 heterocycles. The van der Waals surface area contributed by atoms with E-state index in [-0.39, 0.29) is 22.0 Å². The second kappa shape index (κ2) is 9.96. The predicted octanol–water partition coefficient (Wildman–Crippen LogP) is 3.20. The highest BCUT2D eigenvalue weighted by Crippen LogP contribution is 2.42. The molecule has 1 N–H and O–H groups in total. The van der Waals surface area contributed by atoms with E-state index in [1.807, 2.05) is 0 Å². The third kappa shape index (κ3) is 5.36. The van der Waals surface area contributed by atoms with Gasteiger partial charge in [-0.3, -0.25) is 34.2 Å². The molecule has 33 heavy (non-hydrogen) atoms. The number of nitrogens with one attached hydrogen (secondary N) is 1. The minimum atomic E-state index is -0.784. The zero-order valence-corrected chi connectivity index (χ0v) is 18.2. The Morgan fingerprint density at radius 1 is 1.18 bits per heavy atom. The Morgan fingerprint density at radius 3 is 2.48 bits per heavy atom. The maximum atomic E-state index is 12.7. The molecule has 0 bridgehead atoms. The molecule has 3 amide bonds. The Bertz CT molecular complexity index is 1180. The van der Waals surface area contributed by atoms with Crippen LogP contribution in [0.25, 0.3) is 6.08 Å². The highest BCUT2D eigenvalue weighted by atomic mass is 32.2. The zero-order valence-electron chi connectivity index (χ0n) is 17.4. The van der Waals surface area contributed by atoms with Gasteiger partial charge < -0.3 is 14.8 Å². The lowest BCUT2D eigenvalue weighted by Crippen LogP contribution is -2.36. The number of nitrogens with zero attached hydrogens (tertiary/aromatic N) is 2. The highest BCUT2D eigenvalue weighted by Gasteiger charge is 2.37. The Morgan fingerprint density at radius 2 is 1.88 bits per heavy atom. The fourth-order valence-electron chi connectivity index (χ4n) is 2.95. The lowest BCUT2D eigenvalue weighted by atomic mass is 10.1. The summed E-state index contributed by atoms with van der Waals surface area (Å²) in [5.41, 5.74) is 0.0113. The average Bonchev–Trinajstić information content (AvgIpc) is 3.01. The summed E-state index contributed by atoms with van der Waals surface area (Å²) in [6.07, 6.45) is 1.24. The van der Waals surface area contributed by atoms with Crippen LogP contribution >= 0.6 is 11.8 Å². The molecule has 0 aliphatic carbocycles. The van der Waals surface area contributed by atoms with Crippen molar-refractivity contribution in [3.05, 3.63) is 63.0 Å². The standard InChI is InChI=1S/C21H17N3O8S/c1-12(25)32-15-9-8-13(19(31-2)18(15)24(29)30)10-16-20(27)23(21(28)33-16)11-17(26)22-14-6-4-3-5-7-14/h3-10H,11H2,1-2H3,(H,22,26)/b16-10-. The van der Waals surface area contributed by atoms with Crippen LogP contribution < -0.4 is 14.8 Å². The molecule has 2 aromatic carbocycles. The Labute approximate surface area is 191 Å². The van der Waals surface area contributed by atoms with E-state index in [0.717, 1.165) is 11.8 Å². The van der Waals surface area contributed by atoms with Crippen LogP contribution in [0.4, 0.5) is 16.2 Å². The molecular formula is C21H17N3O8S. The van der Waals surface area contributed by atoms with E-state index < -0.39 is 40.2 Å². The molecule has 3 rings (SSSR count). The van der Waals surface area contributed by atoms with Crippen LogP contribution in [0.1, 0.15) is 12.5 Å². The van der Waals surface area contributed by atoms with E-state index >= 15 is 0 Å². The molecule has 170 valence electrons. The molecule has 0 atom stereocenters. The Hall–Kier alpha value is -4.19. The molecule has 0 unspecified atom stereocenters. The number of carbonyl (C=O) groups is 4. The summed E-state index contributed by atoms with van der Waals surface area (Å²) in [6.45, 7) is 0.591. The lowest BCUT2D eigenvalue weighted by molar-refractivity contribution is -0.386. The number of anilines is 1. The number of esters is 1. The third-order valence-electron chi connectivity index (χ3n) is 4.28. The number of nitro benzene ring substituents is 1. The number of benzene rings is 2. The molecule has 1 saturated heterocycles. The van der Waals surface area contributed by atoms with Gasteiger partial charge in [0.1, 0.15) is 6.54 Å². The summed E-state index contributed by atoms with van der Waals surface area (Å²) in [7, 11) is 1.18. The number of thioether (sulfide) groups is 1. The molecule has 2 aromatic rings. The van der Waals surface area contributed by atoms with Crippen molar-refractivity contribution in [2.24, 2.45) is 0 Å². The number of amides is 3. The second-order valence-corrected chi connectivity index (χ2v) is 7.56. The van der Waals surface area contributed by atoms with Crippen LogP contribution in [0, 0.1) is 10.1 Å². The first-order chi connectivity index (χ1) is 15.7. The molecule has 11 nitrogen and oxygen atoms in total. The molecule has 12 heteroatoms. The quantitative estimate of drug-likeness (QED) is 0.211. The largest absolute Gasteiger partial charge is 0.490 e. The average molecular weight is 471 g/mol. The molecular weight excluding hydrogens is 454 g/mol. The first-order valence-corrected chi connectivity index (χ1v) is 10.2. The topological polar surface area (TPSA) is 145 Å². The van der Waals surface area contributed by atoms with Crippen LogP contribution in [0.3, 0.4) is 0 Å². The summed E-state index contributed by atoms with van der Waals surface area (Å²) in [6, 6.07) is 11.1. The SMILES string of the molecule is COc1c(/C=C2\SC(=O)N(CC(=O)Nc3ccccc3)C2=O)ccc(OC(C)=O)c1[N+](=O)[O-]. The van der Waals surface area contributed by atoms with Crippen molar-refractivity contribution in [2.75, 3.05) is 19.0 Å². The van der Waals surface area contributed by atoms with Crippen LogP contribution in [-0.4, -0.2) is 46.5 Å². The number of imide groups is 1. The molecule has 0 aromatic heterocycles. The van der Waals surface area contributed by atoms with Crippen molar-refractivity contribution >= 4 is 52.2 Å². The van der Waals surface area contributed by atoms with Crippen molar-refractivity contribution in [3.63, 3.8) is 0 Å². The Balaban J connectivity index is 1.86. The van der Waals surface area contributed by atoms with E-state index in [1.54, 1.807) is 30.3 Å². The maximum Gasteiger partial charge on any atom is 0.353 e. The molecule has 0 saturated carbocycles. The summed E-state index contributed by atoms with van der Waals surface area (Å²) < 4.78 is 9.99. The second-order valence-electron chi connectivity index (χ2n) is 6.57. The number of ether oxygens (including phenoxy) is 2. The number of hydrogen-bond acceptors (Lipinski definition) is 9. The number of nitro groups is 1. The fourth-order valence-corrected chi connectivity index (χ4v) is 3.78. The summed E-state index contributed by atoms with van der Waals surface area (Å²) in [5.74, 6) is -2.65. The van der Waals surface area contributed by atoms with Crippen molar-refractivity contribution in [1.82, 2.24) is 4.90 Å². The summed E-state index contributed by atoms with van der Waals surface area (Å²) in [4.78, 5) is 60.0. The minimum Gasteiger partial charge on any atom is -0.490 e. The molecule has 0 spiro atoms. The van der Waals surface area contributed by atoms with Crippen molar-refractivity contribution in [3.8, 4) is 11.5 Å². The van der Waals surface area contributed by atoms with Gasteiger partial charge in [-0.25, -0.2) is 0 Å². The molecule has 1 aliphatic rings. The normalized spacial score (nSPS) is 14.4. The third-order valence-corrected chi connectivity index (χ3v) is 5.19. The van der Waals surface area contributed by atoms with Crippen LogP contribution in [0.2, 0.25) is 0 Å². The fraction of sp³-hybridized carbons (Fsp3) is 0.143. The number of hydrogen-bond donors (Lipinski definition) is 1. The van der Waals surface area contributed by atoms with E-state index in [4.69, 9.17) is 9.47 Å². The van der Waals surface area contributed by atoms with Crippen molar-refractivity contribution in [1.29, 1.82) is 0 Å². The van der Waals surface area contributed by atoms with Crippen LogP contribution in [0.15, 0.2) is 47.4 Å². The van der Waals surface area contributed by atoms with Gasteiger partial charge in [0, 0.05) is 18.2 Å². The van der Waals surface area contributed by atoms with E-state index in [2.05, 4.69) is 5.32 Å². The number of methoxy groups -OCH3 is 1. The monoisotopic (exact) mass is 471 g/mol. The van der Waals surface area contributed by atoms with E-state index in [1.165, 1.54) is 25.3 Å². The van der Waals surface area contributed by atoms with Gasteiger partial charge in [-0.1, -0.05) is 18.2 Å². The summed E-state index contributed by atoms with van der Waals surface area (Å²) >= 11 is 0.581. The van der Waals surface area contributed by atoms with Crippen molar-refractivity contribution < 1.29 is 33.6 Å². The van der Waals surface area contributed by atoms with E-state index in [0.29, 0.717) is 17.4 Å². The van der Waals surface area contributed by atoms with Crippen LogP contribution in [-0.2, 0) is 14.4 Å². The van der Waals surface area contributed by atoms with Crippen LogP contribution in [0.5, 0.6) is 11.5 Å². The Kier molecular flexibility index (Phi) is 7.08. The van der Waals surface area contributed by atoms with Gasteiger partial charge in [0.2, 0.25) is 17.4 Å². The van der Waals surface area contributed by atoms with Gasteiger partial charge in [0.15, 0.2) is 0 Å². The van der Waals surface area contributed by atoms with E-state index in [9.17, 15) is 29.3 Å². The summed E-state index contributed by atoms with van der Waals surface area (Å²) in [5, 5.41) is 13.5. The molecule has 0 radical (unpaired) electrons. The highest BCUT2D eigenvalue weighted by molar-refractivity contribution is 8.18. The van der Waals surface area contributed by atoms with Gasteiger partial charge in [-0.15, -0.1) is 0 Å². The zero-order chi connectivity index (χ0) is 24.1. The smallest absolute Gasteiger partial charge is 0.353 e. The number of para-hydroxylation sites is 1. The van der Waals surface area contributed by atoms with Gasteiger partial charge in [0.05, 0.1) is 16.9 Å². The molecule has 1 aliphatic heterocycles. The maximum absolute atomic E-state index is 12.7. The first kappa shape index (κ1) is 23.5. The predicted molar refractivity (Wildman–Crippen MR) is 119 cm³/mol. The number of rotatable bonds is 7. The first-order valence-electron chi connectivity index (χ1n) is 9.35. The van der Waals surface area contributed by atoms with Gasteiger partial charge in [0.25, 0.3) is 11.1 Å². The van der Waals surface area contributed by atoms with Crippen molar-refractivity contribution in [2.45, 2.75) is 6.92 Å². The lowest BCUT2D eigenvalue weighted by Gasteiger charge is -2.12. The molecule has 1 fully saturated rings. The number of carbonyl (C=O) groups excluding carboxylic acids is 4. The minimum absolute atomic E-state index is 0.0552. The van der Waals surface area contributed by atoms with Gasteiger partial charge in [-0.2, -0.15) is 0 Å². The van der Waals surface area contributed by atoms with Gasteiger partial charge in [-0.05, 0) is 42.1 Å². The van der Waals surface area contributed by atoms with Gasteiger partial charge >= 0.3 is 11.7 Å².